The van der Waals surface area contributed by atoms with Crippen molar-refractivity contribution >= 4 is 38.8 Å². The van der Waals surface area contributed by atoms with Crippen molar-refractivity contribution in [2.75, 3.05) is 43.1 Å². The van der Waals surface area contributed by atoms with Crippen LogP contribution in [0, 0.1) is 10.1 Å². The summed E-state index contributed by atoms with van der Waals surface area (Å²) in [5.74, 6) is 0.0931. The van der Waals surface area contributed by atoms with Crippen molar-refractivity contribution in [3.8, 4) is 0 Å². The molecule has 0 saturated carbocycles. The Morgan fingerprint density at radius 1 is 1.32 bits per heavy atom. The fourth-order valence-corrected chi connectivity index (χ4v) is 4.63. The molecule has 1 aromatic carbocycles. The van der Waals surface area contributed by atoms with E-state index in [4.69, 9.17) is 4.74 Å². The van der Waals surface area contributed by atoms with Gasteiger partial charge >= 0.3 is 0 Å². The first-order valence-corrected chi connectivity index (χ1v) is 10.8. The second-order valence-corrected chi connectivity index (χ2v) is 9.35. The van der Waals surface area contributed by atoms with Crippen LogP contribution in [0.5, 0.6) is 0 Å². The van der Waals surface area contributed by atoms with E-state index in [0.29, 0.717) is 28.6 Å². The predicted molar refractivity (Wildman–Crippen MR) is 121 cm³/mol. The molecule has 166 valence electrons. The van der Waals surface area contributed by atoms with Gasteiger partial charge in [0.2, 0.25) is 0 Å². The van der Waals surface area contributed by atoms with Crippen LogP contribution < -0.4 is 15.8 Å². The van der Waals surface area contributed by atoms with Gasteiger partial charge in [-0.1, -0.05) is 0 Å². The molecule has 2 aliphatic heterocycles. The first-order valence-electron chi connectivity index (χ1n) is 10.0. The highest BCUT2D eigenvalue weighted by Crippen LogP contribution is 2.37. The normalized spacial score (nSPS) is 19.2. The Morgan fingerprint density at radius 2 is 2.06 bits per heavy atom. The van der Waals surface area contributed by atoms with Crippen LogP contribution in [0.3, 0.4) is 0 Å². The van der Waals surface area contributed by atoms with Crippen molar-refractivity contribution in [3.63, 3.8) is 0 Å². The molecule has 11 heteroatoms. The minimum absolute atomic E-state index is 0.00896. The maximum atomic E-state index is 12.3. The van der Waals surface area contributed by atoms with E-state index in [0.717, 1.165) is 26.3 Å². The number of nitro benzene ring substituents is 1. The third kappa shape index (κ3) is 4.30. The molecule has 2 aliphatic rings. The van der Waals surface area contributed by atoms with Crippen LogP contribution in [0.1, 0.15) is 13.8 Å². The van der Waals surface area contributed by atoms with Gasteiger partial charge in [0.1, 0.15) is 10.3 Å². The summed E-state index contributed by atoms with van der Waals surface area (Å²) >= 11 is 3.26. The van der Waals surface area contributed by atoms with Crippen LogP contribution in [-0.2, 0) is 11.8 Å². The number of rotatable bonds is 5. The molecular weight excluding hydrogens is 468 g/mol. The van der Waals surface area contributed by atoms with E-state index >= 15 is 0 Å². The maximum absolute atomic E-state index is 12.3. The minimum atomic E-state index is -0.380. The molecule has 2 aromatic rings. The lowest BCUT2D eigenvalue weighted by Crippen LogP contribution is -2.64. The second-order valence-electron chi connectivity index (χ2n) is 8.54. The van der Waals surface area contributed by atoms with Gasteiger partial charge in [0, 0.05) is 50.2 Å². The highest BCUT2D eigenvalue weighted by atomic mass is 79.9. The van der Waals surface area contributed by atoms with E-state index in [1.165, 1.54) is 10.6 Å². The zero-order chi connectivity index (χ0) is 22.3. The average molecular weight is 493 g/mol. The molecule has 0 bridgehead atoms. The number of anilines is 3. The average Bonchev–Trinajstić information content (AvgIpc) is 2.64. The van der Waals surface area contributed by atoms with E-state index < -0.39 is 0 Å². The molecule has 31 heavy (non-hydrogen) atoms. The fourth-order valence-electron chi connectivity index (χ4n) is 4.15. The SMILES string of the molecule is Cn1cc(Br)nc(Nc2ccc(N3CCN(C4COC4)CC3(C)C)c([N+](=O)[O-])c2)c1=O. The van der Waals surface area contributed by atoms with E-state index in [1.807, 2.05) is 0 Å². The van der Waals surface area contributed by atoms with Crippen molar-refractivity contribution in [3.05, 3.63) is 49.5 Å². The van der Waals surface area contributed by atoms with Gasteiger partial charge in [0.05, 0.1) is 24.2 Å². The Kier molecular flexibility index (Phi) is 5.75. The lowest BCUT2D eigenvalue weighted by atomic mass is 9.95. The zero-order valence-corrected chi connectivity index (χ0v) is 19.3. The van der Waals surface area contributed by atoms with Crippen LogP contribution >= 0.6 is 15.9 Å². The highest BCUT2D eigenvalue weighted by Gasteiger charge is 2.40. The summed E-state index contributed by atoms with van der Waals surface area (Å²) in [5.41, 5.74) is 0.383. The van der Waals surface area contributed by atoms with Gasteiger partial charge in [0.25, 0.3) is 11.2 Å². The summed E-state index contributed by atoms with van der Waals surface area (Å²) in [6.07, 6.45) is 1.55. The summed E-state index contributed by atoms with van der Waals surface area (Å²) in [6, 6.07) is 5.38. The number of nitrogens with one attached hydrogen (secondary N) is 1. The molecule has 0 aliphatic carbocycles. The van der Waals surface area contributed by atoms with Crippen molar-refractivity contribution in [1.29, 1.82) is 0 Å². The first-order chi connectivity index (χ1) is 14.7. The largest absolute Gasteiger partial charge is 0.378 e. The third-order valence-corrected chi connectivity index (χ3v) is 6.22. The van der Waals surface area contributed by atoms with Gasteiger partial charge in [-0.3, -0.25) is 19.8 Å². The van der Waals surface area contributed by atoms with Gasteiger partial charge in [-0.25, -0.2) is 4.98 Å². The molecule has 2 saturated heterocycles. The quantitative estimate of drug-likeness (QED) is 0.501. The lowest BCUT2D eigenvalue weighted by Gasteiger charge is -2.51. The Hall–Kier alpha value is -2.50. The monoisotopic (exact) mass is 492 g/mol. The minimum Gasteiger partial charge on any atom is -0.378 e. The second kappa shape index (κ2) is 8.21. The number of halogens is 1. The van der Waals surface area contributed by atoms with E-state index in [1.54, 1.807) is 25.4 Å². The first kappa shape index (κ1) is 21.7. The number of aromatic nitrogens is 2. The molecular formula is C20H25BrN6O4. The van der Waals surface area contributed by atoms with E-state index in [2.05, 4.69) is 49.9 Å². The number of aryl methyl sites for hydroxylation is 1. The number of ether oxygens (including phenoxy) is 1. The molecule has 1 aromatic heterocycles. The number of benzene rings is 1. The van der Waals surface area contributed by atoms with Crippen molar-refractivity contribution in [2.45, 2.75) is 25.4 Å². The summed E-state index contributed by atoms with van der Waals surface area (Å²) in [7, 11) is 1.61. The van der Waals surface area contributed by atoms with Crippen LogP contribution in [0.4, 0.5) is 22.9 Å². The Balaban J connectivity index is 1.62. The highest BCUT2D eigenvalue weighted by molar-refractivity contribution is 9.10. The molecule has 0 atom stereocenters. The molecule has 0 amide bonds. The van der Waals surface area contributed by atoms with Crippen molar-refractivity contribution in [2.24, 2.45) is 7.05 Å². The van der Waals surface area contributed by atoms with E-state index in [-0.39, 0.29) is 27.5 Å². The molecule has 0 spiro atoms. The summed E-state index contributed by atoms with van der Waals surface area (Å²) in [4.78, 5) is 32.5. The number of hydrogen-bond donors (Lipinski definition) is 1. The van der Waals surface area contributed by atoms with Gasteiger partial charge in [-0.15, -0.1) is 0 Å². The molecule has 10 nitrogen and oxygen atoms in total. The van der Waals surface area contributed by atoms with Gasteiger partial charge in [-0.2, -0.15) is 0 Å². The van der Waals surface area contributed by atoms with Gasteiger partial charge < -0.3 is 19.5 Å². The van der Waals surface area contributed by atoms with Crippen LogP contribution in [-0.4, -0.2) is 63.8 Å². The predicted octanol–water partition coefficient (Wildman–Crippen LogP) is 2.49. The number of piperazine rings is 1. The van der Waals surface area contributed by atoms with Crippen LogP contribution in [0.2, 0.25) is 0 Å². The fraction of sp³-hybridized carbons (Fsp3) is 0.500. The summed E-state index contributed by atoms with van der Waals surface area (Å²) in [5, 5.41) is 14.8. The Morgan fingerprint density at radius 3 is 2.68 bits per heavy atom. The third-order valence-electron chi connectivity index (χ3n) is 5.84. The maximum Gasteiger partial charge on any atom is 0.294 e. The summed E-state index contributed by atoms with van der Waals surface area (Å²) in [6.45, 7) is 8.01. The molecule has 0 unspecified atom stereocenters. The Bertz CT molecular complexity index is 1070. The summed E-state index contributed by atoms with van der Waals surface area (Å²) < 4.78 is 7.19. The number of nitrogens with zero attached hydrogens (tertiary/aromatic N) is 5. The lowest BCUT2D eigenvalue weighted by molar-refractivity contribution is -0.384. The van der Waals surface area contributed by atoms with Crippen molar-refractivity contribution < 1.29 is 9.66 Å². The van der Waals surface area contributed by atoms with Gasteiger partial charge in [0.15, 0.2) is 5.82 Å². The van der Waals surface area contributed by atoms with E-state index in [9.17, 15) is 14.9 Å². The standard InChI is InChI=1S/C20H25BrN6O4/c1-20(2)12-25(14-10-31-11-14)6-7-26(20)15-5-4-13(8-16(15)27(29)30)22-18-19(28)24(3)9-17(21)23-18/h4-5,8-9,14H,6-7,10-12H2,1-3H3,(H,22,23). The van der Waals surface area contributed by atoms with Crippen LogP contribution in [0.25, 0.3) is 0 Å². The number of nitro groups is 1. The van der Waals surface area contributed by atoms with Crippen LogP contribution in [0.15, 0.2) is 33.8 Å². The molecule has 4 rings (SSSR count). The topological polar surface area (TPSA) is 106 Å². The van der Waals surface area contributed by atoms with Crippen molar-refractivity contribution in [1.82, 2.24) is 14.5 Å². The number of hydrogen-bond acceptors (Lipinski definition) is 8. The molecule has 0 radical (unpaired) electrons. The van der Waals surface area contributed by atoms with Gasteiger partial charge in [-0.05, 0) is 41.9 Å². The zero-order valence-electron chi connectivity index (χ0n) is 17.7. The molecule has 3 heterocycles. The smallest absolute Gasteiger partial charge is 0.294 e. The molecule has 2 fully saturated rings. The Labute approximate surface area is 188 Å². The molecule has 1 N–H and O–H groups in total.